The van der Waals surface area contributed by atoms with Crippen LogP contribution in [0.4, 0.5) is 13.2 Å². The van der Waals surface area contributed by atoms with E-state index < -0.39 is 11.9 Å². The van der Waals surface area contributed by atoms with Gasteiger partial charge in [-0.25, -0.2) is 0 Å². The molecular formula is C19H17F3N2O2. The first-order valence-corrected chi connectivity index (χ1v) is 7.98. The Hall–Kier alpha value is -2.96. The van der Waals surface area contributed by atoms with Crippen LogP contribution in [-0.4, -0.2) is 22.4 Å². The SMILES string of the molecule is CCc1cc(-c2n[nH]c(C(F)(F)F)c2-c2ccccc2)c(O)cc1OC. The predicted molar refractivity (Wildman–Crippen MR) is 92.1 cm³/mol. The van der Waals surface area contributed by atoms with Gasteiger partial charge in [0.15, 0.2) is 0 Å². The van der Waals surface area contributed by atoms with Crippen molar-refractivity contribution in [2.24, 2.45) is 0 Å². The first-order chi connectivity index (χ1) is 12.4. The maximum absolute atomic E-state index is 13.5. The molecule has 0 spiro atoms. The van der Waals surface area contributed by atoms with Crippen molar-refractivity contribution in [3.05, 3.63) is 53.7 Å². The normalized spacial score (nSPS) is 11.6. The molecule has 0 bridgehead atoms. The molecule has 136 valence electrons. The number of nitrogens with one attached hydrogen (secondary N) is 1. The van der Waals surface area contributed by atoms with E-state index in [9.17, 15) is 18.3 Å². The largest absolute Gasteiger partial charge is 0.507 e. The van der Waals surface area contributed by atoms with Crippen molar-refractivity contribution in [3.8, 4) is 33.9 Å². The summed E-state index contributed by atoms with van der Waals surface area (Å²) >= 11 is 0. The maximum Gasteiger partial charge on any atom is 0.433 e. The summed E-state index contributed by atoms with van der Waals surface area (Å²) in [5, 5.41) is 16.3. The van der Waals surface area contributed by atoms with Gasteiger partial charge in [-0.3, -0.25) is 5.10 Å². The molecule has 1 heterocycles. The Morgan fingerprint density at radius 2 is 1.85 bits per heavy atom. The summed E-state index contributed by atoms with van der Waals surface area (Å²) in [4.78, 5) is 0. The van der Waals surface area contributed by atoms with E-state index in [4.69, 9.17) is 4.74 Å². The summed E-state index contributed by atoms with van der Waals surface area (Å²) in [6.07, 6.45) is -4.01. The summed E-state index contributed by atoms with van der Waals surface area (Å²) in [6.45, 7) is 1.89. The second kappa shape index (κ2) is 6.74. The number of ether oxygens (including phenoxy) is 1. The first-order valence-electron chi connectivity index (χ1n) is 7.98. The third-order valence-electron chi connectivity index (χ3n) is 4.15. The summed E-state index contributed by atoms with van der Waals surface area (Å²) in [5.41, 5.74) is 0.326. The molecular weight excluding hydrogens is 345 g/mol. The zero-order valence-corrected chi connectivity index (χ0v) is 14.2. The van der Waals surface area contributed by atoms with E-state index >= 15 is 0 Å². The first kappa shape index (κ1) is 17.8. The Kier molecular flexibility index (Phi) is 4.63. The quantitative estimate of drug-likeness (QED) is 0.684. The fourth-order valence-electron chi connectivity index (χ4n) is 2.90. The summed E-state index contributed by atoms with van der Waals surface area (Å²) in [7, 11) is 1.47. The van der Waals surface area contributed by atoms with Crippen molar-refractivity contribution in [1.29, 1.82) is 0 Å². The van der Waals surface area contributed by atoms with Crippen LogP contribution in [0.2, 0.25) is 0 Å². The summed E-state index contributed by atoms with van der Waals surface area (Å²) in [6, 6.07) is 11.2. The molecule has 3 rings (SSSR count). The fourth-order valence-corrected chi connectivity index (χ4v) is 2.90. The van der Waals surface area contributed by atoms with E-state index in [1.165, 1.54) is 13.2 Å². The number of aromatic hydroxyl groups is 1. The minimum absolute atomic E-state index is 0.0402. The highest BCUT2D eigenvalue weighted by Gasteiger charge is 2.38. The number of phenolic OH excluding ortho intramolecular Hbond substituents is 1. The number of methoxy groups -OCH3 is 1. The maximum atomic E-state index is 13.5. The number of aryl methyl sites for hydroxylation is 1. The van der Waals surface area contributed by atoms with Crippen molar-refractivity contribution in [3.63, 3.8) is 0 Å². The van der Waals surface area contributed by atoms with Crippen LogP contribution in [0.15, 0.2) is 42.5 Å². The van der Waals surface area contributed by atoms with E-state index in [2.05, 4.69) is 10.2 Å². The number of nitrogens with zero attached hydrogens (tertiary/aromatic N) is 1. The van der Waals surface area contributed by atoms with E-state index in [0.717, 1.165) is 5.56 Å². The molecule has 0 aliphatic rings. The number of hydrogen-bond donors (Lipinski definition) is 2. The lowest BCUT2D eigenvalue weighted by atomic mass is 9.96. The smallest absolute Gasteiger partial charge is 0.433 e. The lowest BCUT2D eigenvalue weighted by molar-refractivity contribution is -0.140. The number of alkyl halides is 3. The second-order valence-corrected chi connectivity index (χ2v) is 5.72. The fraction of sp³-hybridized carbons (Fsp3) is 0.211. The van der Waals surface area contributed by atoms with Crippen LogP contribution in [0.3, 0.4) is 0 Å². The van der Waals surface area contributed by atoms with Crippen molar-refractivity contribution >= 4 is 0 Å². The highest BCUT2D eigenvalue weighted by Crippen LogP contribution is 2.44. The van der Waals surface area contributed by atoms with Crippen LogP contribution < -0.4 is 4.74 Å². The molecule has 0 saturated carbocycles. The number of aromatic amines is 1. The number of H-pyrrole nitrogens is 1. The lowest BCUT2D eigenvalue weighted by Crippen LogP contribution is -2.07. The molecule has 7 heteroatoms. The van der Waals surface area contributed by atoms with Gasteiger partial charge in [-0.05, 0) is 23.6 Å². The van der Waals surface area contributed by atoms with Crippen molar-refractivity contribution in [2.75, 3.05) is 7.11 Å². The molecule has 0 fully saturated rings. The molecule has 0 saturated heterocycles. The topological polar surface area (TPSA) is 58.1 Å². The van der Waals surface area contributed by atoms with Gasteiger partial charge in [0.05, 0.1) is 7.11 Å². The zero-order valence-electron chi connectivity index (χ0n) is 14.2. The highest BCUT2D eigenvalue weighted by molar-refractivity contribution is 5.86. The zero-order chi connectivity index (χ0) is 18.9. The molecule has 4 nitrogen and oxygen atoms in total. The minimum atomic E-state index is -4.61. The Morgan fingerprint density at radius 3 is 2.42 bits per heavy atom. The van der Waals surface area contributed by atoms with E-state index in [1.807, 2.05) is 6.92 Å². The van der Waals surface area contributed by atoms with Gasteiger partial charge in [0.25, 0.3) is 0 Å². The summed E-state index contributed by atoms with van der Waals surface area (Å²) in [5.74, 6) is 0.276. The predicted octanol–water partition coefficient (Wildman–Crippen LogP) is 5.04. The van der Waals surface area contributed by atoms with Gasteiger partial charge in [-0.2, -0.15) is 18.3 Å². The Morgan fingerprint density at radius 1 is 1.15 bits per heavy atom. The average molecular weight is 362 g/mol. The third kappa shape index (κ3) is 3.12. The van der Waals surface area contributed by atoms with Crippen LogP contribution in [0.1, 0.15) is 18.2 Å². The van der Waals surface area contributed by atoms with E-state index in [-0.39, 0.29) is 22.6 Å². The molecule has 0 aliphatic carbocycles. The molecule has 26 heavy (non-hydrogen) atoms. The Bertz CT molecular complexity index is 919. The monoisotopic (exact) mass is 362 g/mol. The van der Waals surface area contributed by atoms with Gasteiger partial charge in [0, 0.05) is 17.2 Å². The van der Waals surface area contributed by atoms with Crippen LogP contribution in [0, 0.1) is 0 Å². The molecule has 0 amide bonds. The summed E-state index contributed by atoms with van der Waals surface area (Å²) < 4.78 is 45.6. The van der Waals surface area contributed by atoms with Crippen LogP contribution in [0.25, 0.3) is 22.4 Å². The molecule has 0 radical (unpaired) electrons. The number of aromatic nitrogens is 2. The second-order valence-electron chi connectivity index (χ2n) is 5.72. The molecule has 0 unspecified atom stereocenters. The average Bonchev–Trinajstić information content (AvgIpc) is 3.07. The minimum Gasteiger partial charge on any atom is -0.507 e. The van der Waals surface area contributed by atoms with Crippen molar-refractivity contribution in [1.82, 2.24) is 10.2 Å². The number of halogens is 3. The molecule has 2 aromatic carbocycles. The Balaban J connectivity index is 2.29. The molecule has 0 atom stereocenters. The standard InChI is InChI=1S/C19H17F3N2O2/c1-3-11-9-13(14(25)10-15(11)26-2)17-16(12-7-5-4-6-8-12)18(24-23-17)19(20,21)22/h4-10,25H,3H2,1-2H3,(H,23,24). The van der Waals surface area contributed by atoms with Crippen LogP contribution in [0.5, 0.6) is 11.5 Å². The lowest BCUT2D eigenvalue weighted by Gasteiger charge is -2.13. The molecule has 3 aromatic rings. The number of phenols is 1. The van der Waals surface area contributed by atoms with Gasteiger partial charge in [0.1, 0.15) is 22.9 Å². The van der Waals surface area contributed by atoms with Gasteiger partial charge < -0.3 is 9.84 Å². The number of hydrogen-bond acceptors (Lipinski definition) is 3. The van der Waals surface area contributed by atoms with Crippen molar-refractivity contribution < 1.29 is 23.0 Å². The molecule has 2 N–H and O–H groups in total. The highest BCUT2D eigenvalue weighted by atomic mass is 19.4. The van der Waals surface area contributed by atoms with Gasteiger partial charge >= 0.3 is 6.18 Å². The Labute approximate surface area is 148 Å². The molecule has 1 aromatic heterocycles. The van der Waals surface area contributed by atoms with Gasteiger partial charge in [0.2, 0.25) is 0 Å². The van der Waals surface area contributed by atoms with Gasteiger partial charge in [-0.1, -0.05) is 37.3 Å². The van der Waals surface area contributed by atoms with Crippen LogP contribution >= 0.6 is 0 Å². The van der Waals surface area contributed by atoms with Crippen molar-refractivity contribution in [2.45, 2.75) is 19.5 Å². The van der Waals surface area contributed by atoms with Gasteiger partial charge in [-0.15, -0.1) is 0 Å². The van der Waals surface area contributed by atoms with E-state index in [0.29, 0.717) is 17.7 Å². The van der Waals surface area contributed by atoms with Crippen LogP contribution in [-0.2, 0) is 12.6 Å². The number of rotatable bonds is 4. The number of benzene rings is 2. The van der Waals surface area contributed by atoms with E-state index in [1.54, 1.807) is 36.4 Å². The molecule has 0 aliphatic heterocycles. The third-order valence-corrected chi connectivity index (χ3v) is 4.15.